The van der Waals surface area contributed by atoms with Crippen molar-refractivity contribution in [1.29, 1.82) is 0 Å². The van der Waals surface area contributed by atoms with Gasteiger partial charge in [0.05, 0.1) is 7.11 Å². The van der Waals surface area contributed by atoms with Gasteiger partial charge in [-0.15, -0.1) is 11.3 Å². The summed E-state index contributed by atoms with van der Waals surface area (Å²) in [5, 5.41) is 9.62. The molecule has 28 heavy (non-hydrogen) atoms. The second-order valence-corrected chi connectivity index (χ2v) is 6.77. The summed E-state index contributed by atoms with van der Waals surface area (Å²) in [5.41, 5.74) is 2.49. The quantitative estimate of drug-likeness (QED) is 0.532. The first-order valence-electron chi connectivity index (χ1n) is 8.48. The van der Waals surface area contributed by atoms with Crippen molar-refractivity contribution < 1.29 is 14.1 Å². The molecule has 1 amide bonds. The Balaban J connectivity index is 1.38. The summed E-state index contributed by atoms with van der Waals surface area (Å²) in [4.78, 5) is 20.8. The second-order valence-electron chi connectivity index (χ2n) is 5.88. The summed E-state index contributed by atoms with van der Waals surface area (Å²) < 4.78 is 10.3. The van der Waals surface area contributed by atoms with Crippen LogP contribution in [-0.4, -0.2) is 28.1 Å². The number of benzene rings is 2. The minimum Gasteiger partial charge on any atom is -0.497 e. The van der Waals surface area contributed by atoms with E-state index in [0.717, 1.165) is 21.9 Å². The van der Waals surface area contributed by atoms with Gasteiger partial charge in [-0.2, -0.15) is 4.98 Å². The third-order valence-corrected chi connectivity index (χ3v) is 4.80. The van der Waals surface area contributed by atoms with E-state index < -0.39 is 0 Å². The van der Waals surface area contributed by atoms with Crippen LogP contribution in [0.5, 0.6) is 5.75 Å². The van der Waals surface area contributed by atoms with E-state index in [1.807, 2.05) is 53.9 Å². The molecule has 0 fully saturated rings. The molecule has 0 bridgehead atoms. The lowest BCUT2D eigenvalue weighted by atomic mass is 10.2. The minimum atomic E-state index is -0.230. The number of rotatable bonds is 6. The molecule has 2 aromatic heterocycles. The summed E-state index contributed by atoms with van der Waals surface area (Å²) in [7, 11) is 1.60. The molecule has 0 unspecified atom stereocenters. The van der Waals surface area contributed by atoms with Crippen LogP contribution >= 0.6 is 11.3 Å². The number of carbonyl (C=O) groups excluding carboxylic acids is 1. The maximum atomic E-state index is 12.3. The van der Waals surface area contributed by atoms with Crippen LogP contribution in [-0.2, 0) is 11.2 Å². The number of nitrogens with one attached hydrogen (secondary N) is 1. The first-order valence-corrected chi connectivity index (χ1v) is 9.36. The van der Waals surface area contributed by atoms with Crippen molar-refractivity contribution in [3.05, 3.63) is 66.0 Å². The second kappa shape index (κ2) is 8.01. The highest BCUT2D eigenvalue weighted by molar-refractivity contribution is 7.13. The lowest BCUT2D eigenvalue weighted by molar-refractivity contribution is -0.115. The molecular formula is C20H16N4O3S. The van der Waals surface area contributed by atoms with Crippen molar-refractivity contribution in [3.63, 3.8) is 0 Å². The van der Waals surface area contributed by atoms with Crippen LogP contribution in [0, 0.1) is 0 Å². The van der Waals surface area contributed by atoms with Crippen LogP contribution in [0.25, 0.3) is 22.0 Å². The molecule has 2 aromatic carbocycles. The van der Waals surface area contributed by atoms with E-state index in [1.165, 1.54) is 0 Å². The van der Waals surface area contributed by atoms with E-state index >= 15 is 0 Å². The standard InChI is InChI=1S/C20H16N4O3S/c1-26-16-8-4-13(5-9-16)19-23-18(27-24-19)12-17(25)22-15-6-2-14(3-7-15)20-21-10-11-28-20/h2-11H,12H2,1H3,(H,22,25). The number of methoxy groups -OCH3 is 1. The monoisotopic (exact) mass is 392 g/mol. The highest BCUT2D eigenvalue weighted by Gasteiger charge is 2.13. The number of carbonyl (C=O) groups is 1. The zero-order valence-corrected chi connectivity index (χ0v) is 15.8. The van der Waals surface area contributed by atoms with Crippen LogP contribution in [0.4, 0.5) is 5.69 Å². The number of hydrogen-bond acceptors (Lipinski definition) is 7. The molecule has 0 aliphatic carbocycles. The fraction of sp³-hybridized carbons (Fsp3) is 0.100. The van der Waals surface area contributed by atoms with Gasteiger partial charge in [-0.05, 0) is 48.5 Å². The first-order chi connectivity index (χ1) is 13.7. The first kappa shape index (κ1) is 17.9. The fourth-order valence-corrected chi connectivity index (χ4v) is 3.23. The van der Waals surface area contributed by atoms with E-state index in [2.05, 4.69) is 20.4 Å². The highest BCUT2D eigenvalue weighted by Crippen LogP contribution is 2.23. The predicted octanol–water partition coefficient (Wildman–Crippen LogP) is 4.05. The molecule has 2 heterocycles. The molecule has 0 atom stereocenters. The van der Waals surface area contributed by atoms with Gasteiger partial charge in [0.15, 0.2) is 0 Å². The number of aromatic nitrogens is 3. The van der Waals surface area contributed by atoms with Gasteiger partial charge in [-0.1, -0.05) is 5.16 Å². The number of anilines is 1. The zero-order valence-electron chi connectivity index (χ0n) is 15.0. The summed E-state index contributed by atoms with van der Waals surface area (Å²) in [6.45, 7) is 0. The molecule has 4 aromatic rings. The van der Waals surface area contributed by atoms with Crippen molar-refractivity contribution in [2.24, 2.45) is 0 Å². The Morgan fingerprint density at radius 3 is 2.54 bits per heavy atom. The van der Waals surface area contributed by atoms with Crippen LogP contribution < -0.4 is 10.1 Å². The Labute approximate surface area is 165 Å². The molecule has 4 rings (SSSR count). The molecular weight excluding hydrogens is 376 g/mol. The highest BCUT2D eigenvalue weighted by atomic mass is 32.1. The third kappa shape index (κ3) is 4.07. The van der Waals surface area contributed by atoms with E-state index in [0.29, 0.717) is 11.5 Å². The Bertz CT molecular complexity index is 1060. The maximum Gasteiger partial charge on any atom is 0.236 e. The van der Waals surface area contributed by atoms with Gasteiger partial charge in [-0.25, -0.2) is 4.98 Å². The van der Waals surface area contributed by atoms with E-state index in [-0.39, 0.29) is 18.2 Å². The van der Waals surface area contributed by atoms with Crippen molar-refractivity contribution >= 4 is 22.9 Å². The van der Waals surface area contributed by atoms with Crippen LogP contribution in [0.1, 0.15) is 5.89 Å². The molecule has 0 aliphatic rings. The average molecular weight is 392 g/mol. The smallest absolute Gasteiger partial charge is 0.236 e. The summed E-state index contributed by atoms with van der Waals surface area (Å²) in [5.74, 6) is 1.20. The normalized spacial score (nSPS) is 10.6. The van der Waals surface area contributed by atoms with Gasteiger partial charge in [0.2, 0.25) is 17.6 Å². The minimum absolute atomic E-state index is 0.00259. The van der Waals surface area contributed by atoms with Gasteiger partial charge in [0, 0.05) is 28.4 Å². The lowest BCUT2D eigenvalue weighted by Crippen LogP contribution is -2.14. The fourth-order valence-electron chi connectivity index (χ4n) is 2.59. The summed E-state index contributed by atoms with van der Waals surface area (Å²) in [6.07, 6.45) is 1.76. The van der Waals surface area contributed by atoms with Crippen molar-refractivity contribution in [2.75, 3.05) is 12.4 Å². The molecule has 0 saturated carbocycles. The molecule has 0 radical (unpaired) electrons. The molecule has 8 heteroatoms. The van der Waals surface area contributed by atoms with Crippen molar-refractivity contribution in [1.82, 2.24) is 15.1 Å². The third-order valence-electron chi connectivity index (χ3n) is 3.98. The summed E-state index contributed by atoms with van der Waals surface area (Å²) >= 11 is 1.57. The zero-order chi connectivity index (χ0) is 19.3. The molecule has 0 aliphatic heterocycles. The average Bonchev–Trinajstić information content (AvgIpc) is 3.41. The maximum absolute atomic E-state index is 12.3. The van der Waals surface area contributed by atoms with Gasteiger partial charge in [-0.3, -0.25) is 4.79 Å². The topological polar surface area (TPSA) is 90.1 Å². The number of amides is 1. The lowest BCUT2D eigenvalue weighted by Gasteiger charge is -2.04. The number of thiazole rings is 1. The van der Waals surface area contributed by atoms with Gasteiger partial charge in [0.25, 0.3) is 0 Å². The Kier molecular flexibility index (Phi) is 5.11. The Morgan fingerprint density at radius 1 is 1.11 bits per heavy atom. The van der Waals surface area contributed by atoms with Crippen molar-refractivity contribution in [3.8, 4) is 27.7 Å². The SMILES string of the molecule is COc1ccc(-c2noc(CC(=O)Nc3ccc(-c4nccs4)cc3)n2)cc1. The number of ether oxygens (including phenoxy) is 1. The van der Waals surface area contributed by atoms with E-state index in [1.54, 1.807) is 24.6 Å². The van der Waals surface area contributed by atoms with Crippen LogP contribution in [0.15, 0.2) is 64.6 Å². The van der Waals surface area contributed by atoms with E-state index in [4.69, 9.17) is 9.26 Å². The van der Waals surface area contributed by atoms with E-state index in [9.17, 15) is 4.79 Å². The Hall–Kier alpha value is -3.52. The molecule has 1 N–H and O–H groups in total. The predicted molar refractivity (Wildman–Crippen MR) is 106 cm³/mol. The molecule has 0 saturated heterocycles. The molecule has 0 spiro atoms. The van der Waals surface area contributed by atoms with Gasteiger partial charge < -0.3 is 14.6 Å². The molecule has 140 valence electrons. The van der Waals surface area contributed by atoms with Gasteiger partial charge >= 0.3 is 0 Å². The van der Waals surface area contributed by atoms with Gasteiger partial charge in [0.1, 0.15) is 17.2 Å². The number of nitrogens with zero attached hydrogens (tertiary/aromatic N) is 3. The molecule has 7 nitrogen and oxygen atoms in total. The Morgan fingerprint density at radius 2 is 1.86 bits per heavy atom. The van der Waals surface area contributed by atoms with Crippen molar-refractivity contribution in [2.45, 2.75) is 6.42 Å². The number of hydrogen-bond donors (Lipinski definition) is 1. The van der Waals surface area contributed by atoms with Crippen LogP contribution in [0.2, 0.25) is 0 Å². The summed E-state index contributed by atoms with van der Waals surface area (Å²) in [6, 6.07) is 14.8. The van der Waals surface area contributed by atoms with Crippen LogP contribution in [0.3, 0.4) is 0 Å². The largest absolute Gasteiger partial charge is 0.497 e.